The lowest BCUT2D eigenvalue weighted by Crippen LogP contribution is -2.30. The van der Waals surface area contributed by atoms with Gasteiger partial charge in [-0.15, -0.1) is 0 Å². The van der Waals surface area contributed by atoms with E-state index in [2.05, 4.69) is 0 Å². The molecule has 1 aliphatic rings. The Labute approximate surface area is 175 Å². The summed E-state index contributed by atoms with van der Waals surface area (Å²) < 4.78 is 5.04. The third-order valence-electron chi connectivity index (χ3n) is 4.55. The normalized spacial score (nSPS) is 17.8. The Morgan fingerprint density at radius 3 is 2.52 bits per heavy atom. The Morgan fingerprint density at radius 1 is 1.17 bits per heavy atom. The van der Waals surface area contributed by atoms with Gasteiger partial charge in [0.25, 0.3) is 0 Å². The van der Waals surface area contributed by atoms with Crippen LogP contribution in [0.2, 0.25) is 0 Å². The van der Waals surface area contributed by atoms with Crippen molar-refractivity contribution in [2.45, 2.75) is 32.4 Å². The SMILES string of the molecule is CCOC(=O)/C(C#N)=C1\S[C@H](Cc2cccc(C)c2)C(=O)N1c1ccc(C)cc1. The fourth-order valence-electron chi connectivity index (χ4n) is 3.16. The number of ether oxygens (including phenoxy) is 1. The summed E-state index contributed by atoms with van der Waals surface area (Å²) in [6.45, 7) is 5.81. The highest BCUT2D eigenvalue weighted by molar-refractivity contribution is 8.05. The van der Waals surface area contributed by atoms with Crippen molar-refractivity contribution in [3.63, 3.8) is 0 Å². The van der Waals surface area contributed by atoms with E-state index in [0.29, 0.717) is 17.1 Å². The molecular weight excluding hydrogens is 384 g/mol. The maximum Gasteiger partial charge on any atom is 0.351 e. The van der Waals surface area contributed by atoms with Crippen LogP contribution in [0.1, 0.15) is 23.6 Å². The van der Waals surface area contributed by atoms with Crippen LogP contribution in [0.5, 0.6) is 0 Å². The van der Waals surface area contributed by atoms with Crippen molar-refractivity contribution in [3.8, 4) is 6.07 Å². The smallest absolute Gasteiger partial charge is 0.351 e. The monoisotopic (exact) mass is 406 g/mol. The standard InChI is InChI=1S/C23H22N2O3S/c1-4-28-23(27)19(14-24)22-25(18-10-8-15(2)9-11-18)21(26)20(29-22)13-17-7-5-6-16(3)12-17/h5-12,20H,4,13H2,1-3H3/b22-19-/t20-/m1/s1. The van der Waals surface area contributed by atoms with Gasteiger partial charge in [-0.2, -0.15) is 5.26 Å². The largest absolute Gasteiger partial charge is 0.462 e. The highest BCUT2D eigenvalue weighted by Gasteiger charge is 2.41. The Kier molecular flexibility index (Phi) is 6.40. The van der Waals surface area contributed by atoms with Crippen molar-refractivity contribution in [3.05, 3.63) is 75.8 Å². The summed E-state index contributed by atoms with van der Waals surface area (Å²) in [4.78, 5) is 27.1. The summed E-state index contributed by atoms with van der Waals surface area (Å²) in [5.74, 6) is -0.856. The van der Waals surface area contributed by atoms with E-state index in [0.717, 1.165) is 16.7 Å². The first-order valence-corrected chi connectivity index (χ1v) is 10.3. The number of rotatable bonds is 5. The molecule has 0 bridgehead atoms. The van der Waals surface area contributed by atoms with Crippen LogP contribution in [-0.2, 0) is 20.7 Å². The molecule has 1 amide bonds. The second kappa shape index (κ2) is 8.97. The number of aryl methyl sites for hydroxylation is 2. The van der Waals surface area contributed by atoms with Crippen molar-refractivity contribution < 1.29 is 14.3 Å². The zero-order valence-electron chi connectivity index (χ0n) is 16.6. The average molecular weight is 407 g/mol. The van der Waals surface area contributed by atoms with Crippen molar-refractivity contribution in [1.82, 2.24) is 0 Å². The van der Waals surface area contributed by atoms with Crippen LogP contribution in [0.4, 0.5) is 5.69 Å². The van der Waals surface area contributed by atoms with E-state index >= 15 is 0 Å². The van der Waals surface area contributed by atoms with Crippen molar-refractivity contribution >= 4 is 29.3 Å². The number of esters is 1. The van der Waals surface area contributed by atoms with Gasteiger partial charge in [-0.3, -0.25) is 9.69 Å². The Balaban J connectivity index is 2.03. The molecule has 0 radical (unpaired) electrons. The molecule has 0 saturated carbocycles. The number of carbonyl (C=O) groups is 2. The molecule has 0 N–H and O–H groups in total. The van der Waals surface area contributed by atoms with E-state index in [-0.39, 0.29) is 18.1 Å². The van der Waals surface area contributed by atoms with Gasteiger partial charge < -0.3 is 4.74 Å². The van der Waals surface area contributed by atoms with Gasteiger partial charge >= 0.3 is 5.97 Å². The zero-order chi connectivity index (χ0) is 21.0. The van der Waals surface area contributed by atoms with Crippen molar-refractivity contribution in [1.29, 1.82) is 5.26 Å². The van der Waals surface area contributed by atoms with E-state index in [1.165, 1.54) is 16.7 Å². The topological polar surface area (TPSA) is 70.4 Å². The van der Waals surface area contributed by atoms with E-state index in [9.17, 15) is 14.9 Å². The molecule has 3 rings (SSSR count). The second-order valence-electron chi connectivity index (χ2n) is 6.82. The molecule has 0 aromatic heterocycles. The number of amides is 1. The van der Waals surface area contributed by atoms with E-state index < -0.39 is 11.2 Å². The molecule has 0 aliphatic carbocycles. The molecule has 1 atom stereocenters. The van der Waals surface area contributed by atoms with E-state index in [4.69, 9.17) is 4.74 Å². The molecule has 1 saturated heterocycles. The number of benzene rings is 2. The third kappa shape index (κ3) is 4.52. The Hall–Kier alpha value is -3.04. The number of nitriles is 1. The predicted molar refractivity (Wildman–Crippen MR) is 114 cm³/mol. The highest BCUT2D eigenvalue weighted by atomic mass is 32.2. The Bertz CT molecular complexity index is 1010. The van der Waals surface area contributed by atoms with Crippen LogP contribution in [-0.4, -0.2) is 23.7 Å². The average Bonchev–Trinajstić information content (AvgIpc) is 2.99. The molecule has 1 heterocycles. The minimum absolute atomic E-state index is 0.141. The van der Waals surface area contributed by atoms with Gasteiger partial charge in [0, 0.05) is 5.69 Å². The van der Waals surface area contributed by atoms with Gasteiger partial charge in [0.05, 0.1) is 11.9 Å². The first-order valence-electron chi connectivity index (χ1n) is 9.39. The molecule has 2 aromatic carbocycles. The number of carbonyl (C=O) groups excluding carboxylic acids is 2. The number of hydrogen-bond acceptors (Lipinski definition) is 5. The molecule has 5 nitrogen and oxygen atoms in total. The summed E-state index contributed by atoms with van der Waals surface area (Å²) in [7, 11) is 0. The van der Waals surface area contributed by atoms with Crippen molar-refractivity contribution in [2.75, 3.05) is 11.5 Å². The van der Waals surface area contributed by atoms with Gasteiger partial charge in [0.15, 0.2) is 5.57 Å². The van der Waals surface area contributed by atoms with Gasteiger partial charge in [-0.1, -0.05) is 59.3 Å². The number of anilines is 1. The summed E-state index contributed by atoms with van der Waals surface area (Å²) in [6.07, 6.45) is 0.512. The van der Waals surface area contributed by atoms with Crippen molar-refractivity contribution in [2.24, 2.45) is 0 Å². The molecule has 0 unspecified atom stereocenters. The lowest BCUT2D eigenvalue weighted by Gasteiger charge is -2.18. The van der Waals surface area contributed by atoms with Gasteiger partial charge in [0.2, 0.25) is 5.91 Å². The molecule has 148 valence electrons. The van der Waals surface area contributed by atoms with Gasteiger partial charge in [-0.05, 0) is 44.9 Å². The molecule has 29 heavy (non-hydrogen) atoms. The maximum absolute atomic E-state index is 13.3. The van der Waals surface area contributed by atoms with Crippen LogP contribution in [0.15, 0.2) is 59.1 Å². The number of nitrogens with zero attached hydrogens (tertiary/aromatic N) is 2. The predicted octanol–water partition coefficient (Wildman–Crippen LogP) is 4.29. The lowest BCUT2D eigenvalue weighted by molar-refractivity contribution is -0.138. The summed E-state index contributed by atoms with van der Waals surface area (Å²) in [6, 6.07) is 17.4. The molecule has 2 aromatic rings. The minimum atomic E-state index is -0.710. The zero-order valence-corrected chi connectivity index (χ0v) is 17.5. The van der Waals surface area contributed by atoms with Crippen LogP contribution >= 0.6 is 11.8 Å². The number of hydrogen-bond donors (Lipinski definition) is 0. The summed E-state index contributed by atoms with van der Waals surface area (Å²) >= 11 is 1.25. The fourth-order valence-corrected chi connectivity index (χ4v) is 4.46. The first-order chi connectivity index (χ1) is 13.9. The third-order valence-corrected chi connectivity index (χ3v) is 5.82. The van der Waals surface area contributed by atoms with Crippen LogP contribution < -0.4 is 4.90 Å². The maximum atomic E-state index is 13.3. The molecule has 1 aliphatic heterocycles. The molecular formula is C23H22N2O3S. The molecule has 0 spiro atoms. The Morgan fingerprint density at radius 2 is 1.90 bits per heavy atom. The van der Waals surface area contributed by atoms with Crippen LogP contribution in [0.3, 0.4) is 0 Å². The number of thioether (sulfide) groups is 1. The summed E-state index contributed by atoms with van der Waals surface area (Å²) in [5.41, 5.74) is 3.70. The molecule has 1 fully saturated rings. The van der Waals surface area contributed by atoms with Crippen LogP contribution in [0.25, 0.3) is 0 Å². The quantitative estimate of drug-likeness (QED) is 0.421. The minimum Gasteiger partial charge on any atom is -0.462 e. The van der Waals surface area contributed by atoms with Crippen LogP contribution in [0, 0.1) is 25.2 Å². The fraction of sp³-hybridized carbons (Fsp3) is 0.261. The van der Waals surface area contributed by atoms with E-state index in [1.807, 2.05) is 68.4 Å². The lowest BCUT2D eigenvalue weighted by atomic mass is 10.1. The van der Waals surface area contributed by atoms with E-state index in [1.54, 1.807) is 6.92 Å². The first kappa shape index (κ1) is 20.7. The molecule has 6 heteroatoms. The van der Waals surface area contributed by atoms with Gasteiger partial charge in [-0.25, -0.2) is 4.79 Å². The second-order valence-corrected chi connectivity index (χ2v) is 8.01. The highest BCUT2D eigenvalue weighted by Crippen LogP contribution is 2.42. The summed E-state index contributed by atoms with van der Waals surface area (Å²) in [5, 5.41) is 9.54. The van der Waals surface area contributed by atoms with Gasteiger partial charge in [0.1, 0.15) is 11.1 Å².